The van der Waals surface area contributed by atoms with Crippen molar-refractivity contribution in [3.05, 3.63) is 53.1 Å². The fraction of sp³-hybridized carbons (Fsp3) is 0.586. The number of benzene rings is 2. The average Bonchev–Trinajstić information content (AvgIpc) is 2.75. The monoisotopic (exact) mass is 406 g/mol. The number of rotatable bonds is 10. The van der Waals surface area contributed by atoms with Crippen molar-refractivity contribution in [2.75, 3.05) is 6.61 Å². The van der Waals surface area contributed by atoms with Gasteiger partial charge in [0.1, 0.15) is 5.75 Å². The fourth-order valence-electron chi connectivity index (χ4n) is 5.35. The highest BCUT2D eigenvalue weighted by molar-refractivity contribution is 5.67. The third-order valence-electron chi connectivity index (χ3n) is 7.13. The normalized spacial score (nSPS) is 15.9. The fourth-order valence-corrected chi connectivity index (χ4v) is 5.35. The molecule has 1 heteroatoms. The number of aryl methyl sites for hydroxylation is 2. The van der Waals surface area contributed by atoms with Crippen molar-refractivity contribution in [2.45, 2.75) is 104 Å². The van der Waals surface area contributed by atoms with E-state index in [0.29, 0.717) is 5.41 Å². The van der Waals surface area contributed by atoms with Gasteiger partial charge in [-0.25, -0.2) is 0 Å². The van der Waals surface area contributed by atoms with Gasteiger partial charge < -0.3 is 4.74 Å². The largest absolute Gasteiger partial charge is 0.493 e. The zero-order chi connectivity index (χ0) is 21.4. The van der Waals surface area contributed by atoms with Crippen molar-refractivity contribution in [3.63, 3.8) is 0 Å². The molecule has 0 aliphatic heterocycles. The van der Waals surface area contributed by atoms with Crippen molar-refractivity contribution in [1.29, 1.82) is 0 Å². The highest BCUT2D eigenvalue weighted by Gasteiger charge is 2.34. The summed E-state index contributed by atoms with van der Waals surface area (Å²) >= 11 is 0. The summed E-state index contributed by atoms with van der Waals surface area (Å²) in [6.07, 6.45) is 14.7. The van der Waals surface area contributed by atoms with Crippen LogP contribution in [0.3, 0.4) is 0 Å². The molecule has 2 aromatic rings. The quantitative estimate of drug-likeness (QED) is 0.358. The van der Waals surface area contributed by atoms with Crippen LogP contribution in [-0.2, 0) is 5.41 Å². The molecule has 1 aliphatic carbocycles. The molecule has 164 valence electrons. The van der Waals surface area contributed by atoms with E-state index in [1.54, 1.807) is 5.56 Å². The predicted octanol–water partition coefficient (Wildman–Crippen LogP) is 8.93. The third kappa shape index (κ3) is 5.48. The summed E-state index contributed by atoms with van der Waals surface area (Å²) in [7, 11) is 0. The highest BCUT2D eigenvalue weighted by Crippen LogP contribution is 2.45. The van der Waals surface area contributed by atoms with Gasteiger partial charge in [0, 0.05) is 0 Å². The SMILES string of the molecule is CCCCCC1(c2ccc(-c3ccc(OCCCC)c(C)c3)cc2C)CCCCC1. The van der Waals surface area contributed by atoms with Crippen molar-refractivity contribution < 1.29 is 4.74 Å². The molecule has 0 amide bonds. The lowest BCUT2D eigenvalue weighted by Crippen LogP contribution is -2.30. The van der Waals surface area contributed by atoms with Crippen LogP contribution in [0.25, 0.3) is 11.1 Å². The molecule has 30 heavy (non-hydrogen) atoms. The first-order chi connectivity index (χ1) is 14.6. The van der Waals surface area contributed by atoms with Gasteiger partial charge in [0.15, 0.2) is 0 Å². The highest BCUT2D eigenvalue weighted by atomic mass is 16.5. The molecular formula is C29H42O. The molecule has 0 spiro atoms. The number of hydrogen-bond donors (Lipinski definition) is 0. The van der Waals surface area contributed by atoms with Crippen molar-refractivity contribution in [1.82, 2.24) is 0 Å². The molecule has 0 radical (unpaired) electrons. The zero-order valence-corrected chi connectivity index (χ0v) is 19.9. The molecule has 1 fully saturated rings. The minimum absolute atomic E-state index is 0.420. The Bertz CT molecular complexity index is 798. The topological polar surface area (TPSA) is 9.23 Å². The van der Waals surface area contributed by atoms with Crippen LogP contribution in [0.15, 0.2) is 36.4 Å². The van der Waals surface area contributed by atoms with Gasteiger partial charge in [-0.3, -0.25) is 0 Å². The second-order valence-electron chi connectivity index (χ2n) is 9.51. The second-order valence-corrected chi connectivity index (χ2v) is 9.51. The summed E-state index contributed by atoms with van der Waals surface area (Å²) in [5.74, 6) is 1.03. The minimum Gasteiger partial charge on any atom is -0.493 e. The standard InChI is InChI=1S/C29H42O/c1-5-7-10-17-29(18-11-9-12-19-29)27-15-13-25(21-23(27)3)26-14-16-28(24(4)22-26)30-20-8-6-2/h13-16,21-22H,5-12,17-20H2,1-4H3. The van der Waals surface area contributed by atoms with E-state index in [4.69, 9.17) is 4.74 Å². The van der Waals surface area contributed by atoms with E-state index >= 15 is 0 Å². The second kappa shape index (κ2) is 11.0. The van der Waals surface area contributed by atoms with E-state index < -0.39 is 0 Å². The van der Waals surface area contributed by atoms with Crippen molar-refractivity contribution in [3.8, 4) is 16.9 Å². The first-order valence-corrected chi connectivity index (χ1v) is 12.4. The molecule has 0 atom stereocenters. The first kappa shape index (κ1) is 22.9. The van der Waals surface area contributed by atoms with Gasteiger partial charge in [-0.05, 0) is 84.9 Å². The zero-order valence-electron chi connectivity index (χ0n) is 19.9. The molecule has 0 unspecified atom stereocenters. The first-order valence-electron chi connectivity index (χ1n) is 12.4. The maximum absolute atomic E-state index is 5.95. The van der Waals surface area contributed by atoms with Gasteiger partial charge in [-0.2, -0.15) is 0 Å². The summed E-state index contributed by atoms with van der Waals surface area (Å²) in [6, 6.07) is 13.9. The van der Waals surface area contributed by atoms with E-state index in [-0.39, 0.29) is 0 Å². The summed E-state index contributed by atoms with van der Waals surface area (Å²) in [4.78, 5) is 0. The summed E-state index contributed by atoms with van der Waals surface area (Å²) in [6.45, 7) is 9.83. The van der Waals surface area contributed by atoms with E-state index in [1.165, 1.54) is 86.5 Å². The molecule has 1 nitrogen and oxygen atoms in total. The van der Waals surface area contributed by atoms with Crippen LogP contribution in [0.1, 0.15) is 101 Å². The summed E-state index contributed by atoms with van der Waals surface area (Å²) in [5, 5.41) is 0. The lowest BCUT2D eigenvalue weighted by molar-refractivity contribution is 0.265. The molecule has 0 bridgehead atoms. The Labute approximate surface area is 185 Å². The molecule has 1 saturated carbocycles. The molecule has 2 aromatic carbocycles. The third-order valence-corrected chi connectivity index (χ3v) is 7.13. The van der Waals surface area contributed by atoms with Gasteiger partial charge in [-0.15, -0.1) is 0 Å². The molecule has 0 saturated heterocycles. The van der Waals surface area contributed by atoms with Gasteiger partial charge in [0.05, 0.1) is 6.61 Å². The lowest BCUT2D eigenvalue weighted by atomic mass is 9.65. The van der Waals surface area contributed by atoms with Crippen molar-refractivity contribution in [2.24, 2.45) is 0 Å². The van der Waals surface area contributed by atoms with Crippen molar-refractivity contribution >= 4 is 0 Å². The molecule has 1 aliphatic rings. The van der Waals surface area contributed by atoms with Gasteiger partial charge >= 0.3 is 0 Å². The predicted molar refractivity (Wildman–Crippen MR) is 131 cm³/mol. The maximum Gasteiger partial charge on any atom is 0.122 e. The van der Waals surface area contributed by atoms with Crippen LogP contribution < -0.4 is 4.74 Å². The van der Waals surface area contributed by atoms with Crippen LogP contribution in [0.5, 0.6) is 5.75 Å². The Morgan fingerprint density at radius 1 is 0.767 bits per heavy atom. The Balaban J connectivity index is 1.82. The van der Waals surface area contributed by atoms with Crippen LogP contribution in [0.4, 0.5) is 0 Å². The number of hydrogen-bond acceptors (Lipinski definition) is 1. The van der Waals surface area contributed by atoms with E-state index in [1.807, 2.05) is 0 Å². The average molecular weight is 407 g/mol. The Kier molecular flexibility index (Phi) is 8.42. The lowest BCUT2D eigenvalue weighted by Gasteiger charge is -2.39. The van der Waals surface area contributed by atoms with E-state index in [9.17, 15) is 0 Å². The van der Waals surface area contributed by atoms with Gasteiger partial charge in [0.2, 0.25) is 0 Å². The minimum atomic E-state index is 0.420. The van der Waals surface area contributed by atoms with E-state index in [0.717, 1.165) is 18.8 Å². The number of ether oxygens (including phenoxy) is 1. The maximum atomic E-state index is 5.95. The van der Waals surface area contributed by atoms with Crippen LogP contribution >= 0.6 is 0 Å². The van der Waals surface area contributed by atoms with Crippen LogP contribution in [0, 0.1) is 13.8 Å². The summed E-state index contributed by atoms with van der Waals surface area (Å²) in [5.41, 5.74) is 7.38. The van der Waals surface area contributed by atoms with Crippen LogP contribution in [0.2, 0.25) is 0 Å². The molecule has 0 N–H and O–H groups in total. The molecule has 0 heterocycles. The Hall–Kier alpha value is -1.76. The van der Waals surface area contributed by atoms with Crippen LogP contribution in [-0.4, -0.2) is 6.61 Å². The van der Waals surface area contributed by atoms with E-state index in [2.05, 4.69) is 64.1 Å². The molecule has 3 rings (SSSR count). The van der Waals surface area contributed by atoms with Gasteiger partial charge in [0.25, 0.3) is 0 Å². The van der Waals surface area contributed by atoms with Gasteiger partial charge in [-0.1, -0.05) is 83.1 Å². The molecule has 0 aromatic heterocycles. The smallest absolute Gasteiger partial charge is 0.122 e. The number of unbranched alkanes of at least 4 members (excludes halogenated alkanes) is 3. The Morgan fingerprint density at radius 3 is 2.07 bits per heavy atom. The Morgan fingerprint density at radius 2 is 1.43 bits per heavy atom. The summed E-state index contributed by atoms with van der Waals surface area (Å²) < 4.78 is 5.95. The molecular weight excluding hydrogens is 364 g/mol.